The van der Waals surface area contributed by atoms with Crippen LogP contribution in [0, 0.1) is 0 Å². The molecule has 0 N–H and O–H groups in total. The Labute approximate surface area is 251 Å². The van der Waals surface area contributed by atoms with Crippen LogP contribution in [0.3, 0.4) is 0 Å². The fourth-order valence-electron chi connectivity index (χ4n) is 5.61. The number of thiophene rings is 1. The molecule has 8 aromatic rings. The van der Waals surface area contributed by atoms with Gasteiger partial charge in [-0.25, -0.2) is 4.98 Å². The van der Waals surface area contributed by atoms with E-state index in [9.17, 15) is 0 Å². The summed E-state index contributed by atoms with van der Waals surface area (Å²) in [6, 6.07) is 46.7. The molecule has 0 aliphatic heterocycles. The smallest absolute Gasteiger partial charge is 0.208 e. The van der Waals surface area contributed by atoms with Crippen molar-refractivity contribution in [1.29, 1.82) is 0 Å². The number of fused-ring (bicyclic) bond motifs is 4. The minimum absolute atomic E-state index is 0.177. The first-order valence-corrected chi connectivity index (χ1v) is 14.9. The number of rotatable bonds is 4. The first-order chi connectivity index (χ1) is 20.7. The van der Waals surface area contributed by atoms with Gasteiger partial charge >= 0.3 is 0 Å². The van der Waals surface area contributed by atoms with Crippen LogP contribution in [-0.4, -0.2) is 15.0 Å². The highest BCUT2D eigenvalue weighted by molar-refractivity contribution is 7.25. The highest BCUT2D eigenvalue weighted by Gasteiger charge is 2.13. The molecule has 0 bridgehead atoms. The SMILES string of the molecule is Clc1nc(-c2ccc(-c3cccc4ccccc34)cc2)nc(-c2ccc3sc4cc(-c5ccccc5)ccc4c3c2)n1. The molecule has 198 valence electrons. The first-order valence-electron chi connectivity index (χ1n) is 13.7. The van der Waals surface area contributed by atoms with Gasteiger partial charge in [0, 0.05) is 31.3 Å². The van der Waals surface area contributed by atoms with E-state index in [4.69, 9.17) is 16.6 Å². The second-order valence-corrected chi connectivity index (χ2v) is 11.7. The summed E-state index contributed by atoms with van der Waals surface area (Å²) in [5.41, 5.74) is 6.57. The minimum Gasteiger partial charge on any atom is -0.208 e. The van der Waals surface area contributed by atoms with Crippen LogP contribution in [0.5, 0.6) is 0 Å². The van der Waals surface area contributed by atoms with Gasteiger partial charge in [0.25, 0.3) is 0 Å². The van der Waals surface area contributed by atoms with Crippen molar-refractivity contribution in [2.24, 2.45) is 0 Å². The molecule has 0 saturated carbocycles. The van der Waals surface area contributed by atoms with Crippen molar-refractivity contribution in [2.45, 2.75) is 0 Å². The van der Waals surface area contributed by atoms with E-state index < -0.39 is 0 Å². The predicted octanol–water partition coefficient (Wildman–Crippen LogP) is 10.7. The Balaban J connectivity index is 1.16. The van der Waals surface area contributed by atoms with Gasteiger partial charge < -0.3 is 0 Å². The predicted molar refractivity (Wildman–Crippen MR) is 177 cm³/mol. The summed E-state index contributed by atoms with van der Waals surface area (Å²) in [7, 11) is 0. The summed E-state index contributed by atoms with van der Waals surface area (Å²) < 4.78 is 2.48. The van der Waals surface area contributed by atoms with E-state index in [1.165, 1.54) is 47.6 Å². The fraction of sp³-hybridized carbons (Fsp3) is 0. The molecule has 5 heteroatoms. The number of halogens is 1. The quantitative estimate of drug-likeness (QED) is 0.209. The molecule has 8 rings (SSSR count). The molecule has 0 fully saturated rings. The largest absolute Gasteiger partial charge is 0.226 e. The highest BCUT2D eigenvalue weighted by Crippen LogP contribution is 2.38. The highest BCUT2D eigenvalue weighted by atomic mass is 35.5. The summed E-state index contributed by atoms with van der Waals surface area (Å²) in [6.45, 7) is 0. The molecule has 42 heavy (non-hydrogen) atoms. The molecule has 0 atom stereocenters. The van der Waals surface area contributed by atoms with Crippen LogP contribution in [0.2, 0.25) is 5.28 Å². The normalized spacial score (nSPS) is 11.5. The average molecular weight is 576 g/mol. The third-order valence-corrected chi connectivity index (χ3v) is 8.99. The lowest BCUT2D eigenvalue weighted by atomic mass is 9.97. The second kappa shape index (κ2) is 10.2. The summed E-state index contributed by atoms with van der Waals surface area (Å²) >= 11 is 8.25. The van der Waals surface area contributed by atoms with Gasteiger partial charge in [0.1, 0.15) is 0 Å². The Bertz CT molecular complexity index is 2250. The Hall–Kier alpha value is -4.90. The van der Waals surface area contributed by atoms with Crippen LogP contribution in [0.25, 0.3) is 76.0 Å². The van der Waals surface area contributed by atoms with E-state index in [0.29, 0.717) is 11.6 Å². The summed E-state index contributed by atoms with van der Waals surface area (Å²) in [5, 5.41) is 5.03. The van der Waals surface area contributed by atoms with E-state index in [0.717, 1.165) is 16.7 Å². The molecule has 2 aromatic heterocycles. The van der Waals surface area contributed by atoms with E-state index in [2.05, 4.69) is 125 Å². The van der Waals surface area contributed by atoms with Crippen molar-refractivity contribution < 1.29 is 0 Å². The third kappa shape index (κ3) is 4.42. The molecule has 0 aliphatic rings. The third-order valence-electron chi connectivity index (χ3n) is 7.69. The van der Waals surface area contributed by atoms with Gasteiger partial charge in [-0.2, -0.15) is 9.97 Å². The zero-order valence-corrected chi connectivity index (χ0v) is 23.9. The van der Waals surface area contributed by atoms with Crippen LogP contribution < -0.4 is 0 Å². The van der Waals surface area contributed by atoms with Gasteiger partial charge in [0.2, 0.25) is 5.28 Å². The Morgan fingerprint density at radius 1 is 0.429 bits per heavy atom. The maximum absolute atomic E-state index is 6.45. The second-order valence-electron chi connectivity index (χ2n) is 10.2. The lowest BCUT2D eigenvalue weighted by Gasteiger charge is -2.09. The minimum atomic E-state index is 0.177. The van der Waals surface area contributed by atoms with Crippen molar-refractivity contribution in [3.63, 3.8) is 0 Å². The van der Waals surface area contributed by atoms with Crippen LogP contribution in [0.4, 0.5) is 0 Å². The van der Waals surface area contributed by atoms with Gasteiger partial charge in [0.05, 0.1) is 0 Å². The molecular weight excluding hydrogens is 554 g/mol. The van der Waals surface area contributed by atoms with Gasteiger partial charge in [-0.3, -0.25) is 0 Å². The van der Waals surface area contributed by atoms with Crippen molar-refractivity contribution in [2.75, 3.05) is 0 Å². The number of aromatic nitrogens is 3. The molecule has 0 amide bonds. The molecule has 0 spiro atoms. The van der Waals surface area contributed by atoms with E-state index in [-0.39, 0.29) is 5.28 Å². The zero-order valence-electron chi connectivity index (χ0n) is 22.3. The van der Waals surface area contributed by atoms with Crippen molar-refractivity contribution in [3.8, 4) is 45.0 Å². The first kappa shape index (κ1) is 24.9. The lowest BCUT2D eigenvalue weighted by Crippen LogP contribution is -1.97. The molecule has 0 radical (unpaired) electrons. The van der Waals surface area contributed by atoms with Crippen LogP contribution in [0.1, 0.15) is 0 Å². The fourth-order valence-corrected chi connectivity index (χ4v) is 6.90. The lowest BCUT2D eigenvalue weighted by molar-refractivity contribution is 1.07. The van der Waals surface area contributed by atoms with Crippen molar-refractivity contribution >= 4 is 53.9 Å². The van der Waals surface area contributed by atoms with E-state index in [1.807, 2.05) is 18.2 Å². The summed E-state index contributed by atoms with van der Waals surface area (Å²) in [4.78, 5) is 13.8. The Morgan fingerprint density at radius 2 is 1.12 bits per heavy atom. The van der Waals surface area contributed by atoms with Crippen LogP contribution in [-0.2, 0) is 0 Å². The molecule has 2 heterocycles. The molecular formula is C37H22ClN3S. The Morgan fingerprint density at radius 3 is 1.98 bits per heavy atom. The zero-order chi connectivity index (χ0) is 28.0. The number of hydrogen-bond donors (Lipinski definition) is 0. The molecule has 0 saturated heterocycles. The topological polar surface area (TPSA) is 38.7 Å². The number of benzene rings is 6. The van der Waals surface area contributed by atoms with Gasteiger partial charge in [-0.1, -0.05) is 109 Å². The van der Waals surface area contributed by atoms with Crippen LogP contribution in [0.15, 0.2) is 133 Å². The number of nitrogens with zero attached hydrogens (tertiary/aromatic N) is 3. The molecule has 3 nitrogen and oxygen atoms in total. The molecule has 0 aliphatic carbocycles. The summed E-state index contributed by atoms with van der Waals surface area (Å²) in [5.74, 6) is 1.11. The van der Waals surface area contributed by atoms with E-state index >= 15 is 0 Å². The van der Waals surface area contributed by atoms with Gasteiger partial charge in [-0.05, 0) is 68.9 Å². The Kier molecular flexibility index (Phi) is 6.03. The van der Waals surface area contributed by atoms with Crippen LogP contribution >= 0.6 is 22.9 Å². The molecule has 0 unspecified atom stereocenters. The van der Waals surface area contributed by atoms with Gasteiger partial charge in [0.15, 0.2) is 11.6 Å². The monoisotopic (exact) mass is 575 g/mol. The van der Waals surface area contributed by atoms with E-state index in [1.54, 1.807) is 11.3 Å². The number of hydrogen-bond acceptors (Lipinski definition) is 4. The maximum Gasteiger partial charge on any atom is 0.226 e. The van der Waals surface area contributed by atoms with Crippen molar-refractivity contribution in [3.05, 3.63) is 139 Å². The maximum atomic E-state index is 6.45. The average Bonchev–Trinajstić information content (AvgIpc) is 3.42. The molecule has 6 aromatic carbocycles. The van der Waals surface area contributed by atoms with Crippen molar-refractivity contribution in [1.82, 2.24) is 15.0 Å². The standard InChI is InChI=1S/C37H22ClN3S/c38-37-40-35(26-15-13-25(14-16-26)30-12-6-10-24-9-4-5-11-29(24)30)39-36(41-37)28-18-20-33-32(21-28)31-19-17-27(22-34(31)42-33)23-7-2-1-3-8-23/h1-22H. The van der Waals surface area contributed by atoms with Gasteiger partial charge in [-0.15, -0.1) is 11.3 Å². The summed E-state index contributed by atoms with van der Waals surface area (Å²) in [6.07, 6.45) is 0.